The Labute approximate surface area is 147 Å². The average molecular weight is 363 g/mol. The fourth-order valence-corrected chi connectivity index (χ4v) is 4.01. The maximum absolute atomic E-state index is 12.3. The molecule has 1 fully saturated rings. The largest absolute Gasteiger partial charge is 0.345 e. The number of benzene rings is 1. The third-order valence-electron chi connectivity index (χ3n) is 4.01. The van der Waals surface area contributed by atoms with Crippen LogP contribution in [-0.2, 0) is 11.3 Å². The lowest BCUT2D eigenvalue weighted by Gasteiger charge is -2.34. The number of thiazole rings is 1. The van der Waals surface area contributed by atoms with E-state index in [1.54, 1.807) is 22.3 Å². The minimum Gasteiger partial charge on any atom is -0.345 e. The molecule has 0 aliphatic carbocycles. The fraction of sp³-hybridized carbons (Fsp3) is 0.333. The minimum atomic E-state index is 0.0660. The third kappa shape index (κ3) is 3.07. The molecule has 1 aliphatic heterocycles. The van der Waals surface area contributed by atoms with Gasteiger partial charge in [0.2, 0.25) is 5.91 Å². The number of carbonyl (C=O) groups excluding carboxylic acids is 1. The first-order chi connectivity index (χ1) is 11.7. The summed E-state index contributed by atoms with van der Waals surface area (Å²) in [6, 6.07) is 5.74. The summed E-state index contributed by atoms with van der Waals surface area (Å²) >= 11 is 7.67. The number of piperazine rings is 1. The van der Waals surface area contributed by atoms with Crippen molar-refractivity contribution in [3.05, 3.63) is 35.9 Å². The van der Waals surface area contributed by atoms with Gasteiger partial charge in [0.05, 0.1) is 10.2 Å². The highest BCUT2D eigenvalue weighted by atomic mass is 35.5. The Morgan fingerprint density at radius 1 is 1.25 bits per heavy atom. The Hall–Kier alpha value is -2.19. The van der Waals surface area contributed by atoms with Gasteiger partial charge >= 0.3 is 0 Å². The summed E-state index contributed by atoms with van der Waals surface area (Å²) in [6.45, 7) is 3.15. The Balaban J connectivity index is 1.40. The van der Waals surface area contributed by atoms with E-state index in [0.717, 1.165) is 33.5 Å². The van der Waals surface area contributed by atoms with Crippen molar-refractivity contribution in [2.24, 2.45) is 0 Å². The van der Waals surface area contributed by atoms with E-state index in [1.807, 2.05) is 23.1 Å². The van der Waals surface area contributed by atoms with Crippen molar-refractivity contribution in [3.63, 3.8) is 0 Å². The predicted molar refractivity (Wildman–Crippen MR) is 93.4 cm³/mol. The van der Waals surface area contributed by atoms with Gasteiger partial charge in [0.25, 0.3) is 0 Å². The van der Waals surface area contributed by atoms with Crippen LogP contribution < -0.4 is 4.90 Å². The Kier molecular flexibility index (Phi) is 4.07. The second kappa shape index (κ2) is 6.37. The Morgan fingerprint density at radius 2 is 2.08 bits per heavy atom. The van der Waals surface area contributed by atoms with Gasteiger partial charge in [-0.3, -0.25) is 4.79 Å². The number of amides is 1. The monoisotopic (exact) mass is 362 g/mol. The number of nitrogens with zero attached hydrogens (tertiary/aromatic N) is 6. The molecular weight excluding hydrogens is 348 g/mol. The molecule has 7 nitrogen and oxygen atoms in total. The van der Waals surface area contributed by atoms with Gasteiger partial charge in [-0.05, 0) is 18.2 Å². The molecule has 1 aromatic carbocycles. The molecule has 2 aromatic heterocycles. The molecule has 0 unspecified atom stereocenters. The molecular formula is C15H15ClN6OS. The summed E-state index contributed by atoms with van der Waals surface area (Å²) in [5.74, 6) is 0.0660. The van der Waals surface area contributed by atoms with Crippen LogP contribution in [-0.4, -0.2) is 56.7 Å². The molecule has 0 spiro atoms. The first kappa shape index (κ1) is 15.3. The number of carbonyl (C=O) groups is 1. The minimum absolute atomic E-state index is 0.0660. The number of rotatable bonds is 3. The van der Waals surface area contributed by atoms with Crippen LogP contribution in [0.5, 0.6) is 0 Å². The van der Waals surface area contributed by atoms with Crippen molar-refractivity contribution in [1.29, 1.82) is 0 Å². The Bertz CT molecular complexity index is 856. The van der Waals surface area contributed by atoms with Gasteiger partial charge in [-0.2, -0.15) is 5.10 Å². The van der Waals surface area contributed by atoms with Gasteiger partial charge in [0.1, 0.15) is 19.2 Å². The highest BCUT2D eigenvalue weighted by Gasteiger charge is 2.23. The highest BCUT2D eigenvalue weighted by Crippen LogP contribution is 2.31. The Morgan fingerprint density at radius 3 is 2.83 bits per heavy atom. The van der Waals surface area contributed by atoms with Crippen LogP contribution in [0.3, 0.4) is 0 Å². The summed E-state index contributed by atoms with van der Waals surface area (Å²) < 4.78 is 2.63. The van der Waals surface area contributed by atoms with E-state index in [4.69, 9.17) is 11.6 Å². The maximum Gasteiger partial charge on any atom is 0.244 e. The van der Waals surface area contributed by atoms with Crippen LogP contribution in [0.25, 0.3) is 10.2 Å². The number of hydrogen-bond acceptors (Lipinski definition) is 6. The maximum atomic E-state index is 12.3. The normalized spacial score (nSPS) is 15.2. The molecule has 24 heavy (non-hydrogen) atoms. The van der Waals surface area contributed by atoms with Crippen molar-refractivity contribution in [1.82, 2.24) is 24.6 Å². The zero-order chi connectivity index (χ0) is 16.5. The van der Waals surface area contributed by atoms with Crippen LogP contribution in [0.4, 0.5) is 5.13 Å². The van der Waals surface area contributed by atoms with E-state index in [9.17, 15) is 4.79 Å². The SMILES string of the molecule is O=C(Cn1cncn1)N1CCN(c2nc3ccc(Cl)cc3s2)CC1. The molecule has 9 heteroatoms. The van der Waals surface area contributed by atoms with E-state index in [2.05, 4.69) is 20.0 Å². The van der Waals surface area contributed by atoms with Gasteiger partial charge in [-0.1, -0.05) is 22.9 Å². The third-order valence-corrected chi connectivity index (χ3v) is 5.32. The predicted octanol–water partition coefficient (Wildman–Crippen LogP) is 1.89. The van der Waals surface area contributed by atoms with E-state index in [1.165, 1.54) is 6.33 Å². The number of halogens is 1. The van der Waals surface area contributed by atoms with Crippen LogP contribution in [0.1, 0.15) is 0 Å². The summed E-state index contributed by atoms with van der Waals surface area (Å²) in [5.41, 5.74) is 0.962. The molecule has 1 amide bonds. The van der Waals surface area contributed by atoms with E-state index in [-0.39, 0.29) is 12.5 Å². The highest BCUT2D eigenvalue weighted by molar-refractivity contribution is 7.22. The first-order valence-electron chi connectivity index (χ1n) is 7.60. The van der Waals surface area contributed by atoms with Gasteiger partial charge < -0.3 is 9.80 Å². The lowest BCUT2D eigenvalue weighted by Crippen LogP contribution is -2.49. The molecule has 1 saturated heterocycles. The molecule has 0 bridgehead atoms. The van der Waals surface area contributed by atoms with E-state index < -0.39 is 0 Å². The topological polar surface area (TPSA) is 67.2 Å². The molecule has 3 heterocycles. The van der Waals surface area contributed by atoms with E-state index in [0.29, 0.717) is 13.1 Å². The lowest BCUT2D eigenvalue weighted by molar-refractivity contribution is -0.132. The van der Waals surface area contributed by atoms with Gasteiger partial charge in [-0.25, -0.2) is 14.6 Å². The van der Waals surface area contributed by atoms with Gasteiger partial charge in [-0.15, -0.1) is 0 Å². The van der Waals surface area contributed by atoms with Crippen LogP contribution in [0.15, 0.2) is 30.9 Å². The number of hydrogen-bond donors (Lipinski definition) is 0. The van der Waals surface area contributed by atoms with Crippen molar-refractivity contribution in [2.45, 2.75) is 6.54 Å². The molecule has 0 atom stereocenters. The molecule has 124 valence electrons. The van der Waals surface area contributed by atoms with Gasteiger partial charge in [0, 0.05) is 31.2 Å². The molecule has 1 aliphatic rings. The number of aromatic nitrogens is 4. The zero-order valence-electron chi connectivity index (χ0n) is 12.8. The second-order valence-electron chi connectivity index (χ2n) is 5.57. The lowest BCUT2D eigenvalue weighted by atomic mass is 10.3. The summed E-state index contributed by atoms with van der Waals surface area (Å²) in [5, 5.41) is 5.68. The molecule has 4 rings (SSSR count). The second-order valence-corrected chi connectivity index (χ2v) is 7.01. The van der Waals surface area contributed by atoms with Crippen LogP contribution in [0, 0.1) is 0 Å². The molecule has 0 radical (unpaired) electrons. The number of fused-ring (bicyclic) bond motifs is 1. The van der Waals surface area contributed by atoms with Crippen molar-refractivity contribution in [2.75, 3.05) is 31.1 Å². The van der Waals surface area contributed by atoms with Crippen LogP contribution >= 0.6 is 22.9 Å². The number of anilines is 1. The summed E-state index contributed by atoms with van der Waals surface area (Å²) in [4.78, 5) is 24.9. The van der Waals surface area contributed by atoms with Gasteiger partial charge in [0.15, 0.2) is 5.13 Å². The molecule has 3 aromatic rings. The van der Waals surface area contributed by atoms with E-state index >= 15 is 0 Å². The van der Waals surface area contributed by atoms with Crippen molar-refractivity contribution >= 4 is 44.2 Å². The summed E-state index contributed by atoms with van der Waals surface area (Å²) in [7, 11) is 0. The first-order valence-corrected chi connectivity index (χ1v) is 8.80. The molecule has 0 N–H and O–H groups in total. The quantitative estimate of drug-likeness (QED) is 0.711. The summed E-state index contributed by atoms with van der Waals surface area (Å²) in [6.07, 6.45) is 2.99. The van der Waals surface area contributed by atoms with Crippen molar-refractivity contribution in [3.8, 4) is 0 Å². The van der Waals surface area contributed by atoms with Crippen LogP contribution in [0.2, 0.25) is 5.02 Å². The standard InChI is InChI=1S/C15H15ClN6OS/c16-11-1-2-12-13(7-11)24-15(19-12)21-5-3-20(4-6-21)14(23)8-22-10-17-9-18-22/h1-2,7,9-10H,3-6,8H2. The molecule has 0 saturated carbocycles. The fourth-order valence-electron chi connectivity index (χ4n) is 2.72. The zero-order valence-corrected chi connectivity index (χ0v) is 14.4. The van der Waals surface area contributed by atoms with Crippen molar-refractivity contribution < 1.29 is 4.79 Å². The smallest absolute Gasteiger partial charge is 0.244 e. The average Bonchev–Trinajstić information content (AvgIpc) is 3.24.